The lowest BCUT2D eigenvalue weighted by Gasteiger charge is -2.27. The van der Waals surface area contributed by atoms with E-state index >= 15 is 0 Å². The minimum absolute atomic E-state index is 0.343. The van der Waals surface area contributed by atoms with Crippen molar-refractivity contribution in [3.8, 4) is 17.3 Å². The third-order valence-corrected chi connectivity index (χ3v) is 5.35. The van der Waals surface area contributed by atoms with Crippen molar-refractivity contribution in [2.75, 3.05) is 25.5 Å². The Labute approximate surface area is 169 Å². The number of fused-ring (bicyclic) bond motifs is 1. The van der Waals surface area contributed by atoms with Gasteiger partial charge in [0.05, 0.1) is 12.8 Å². The fourth-order valence-electron chi connectivity index (χ4n) is 3.54. The number of rotatable bonds is 5. The van der Waals surface area contributed by atoms with Gasteiger partial charge in [-0.2, -0.15) is 0 Å². The molecule has 0 amide bonds. The van der Waals surface area contributed by atoms with Gasteiger partial charge in [-0.25, -0.2) is 15.0 Å². The number of ether oxygens (including phenoxy) is 1. The summed E-state index contributed by atoms with van der Waals surface area (Å²) in [6.45, 7) is 2.85. The molecule has 0 unspecified atom stereocenters. The largest absolute Gasteiger partial charge is 0.467 e. The Morgan fingerprint density at radius 1 is 1.10 bits per heavy atom. The number of benzene rings is 1. The quantitative estimate of drug-likeness (QED) is 0.621. The average Bonchev–Trinajstić information content (AvgIpc) is 2.74. The van der Waals surface area contributed by atoms with Crippen LogP contribution in [0.3, 0.4) is 0 Å². The first-order valence-electron chi connectivity index (χ1n) is 9.68. The normalized spacial score (nSPS) is 15.2. The topological polar surface area (TPSA) is 84.0 Å². The minimum Gasteiger partial charge on any atom is -0.467 e. The Kier molecular flexibility index (Phi) is 4.57. The zero-order valence-electron chi connectivity index (χ0n) is 16.1. The predicted molar refractivity (Wildman–Crippen MR) is 113 cm³/mol. The third kappa shape index (κ3) is 3.52. The summed E-state index contributed by atoms with van der Waals surface area (Å²) >= 11 is 0. The first kappa shape index (κ1) is 17.6. The van der Waals surface area contributed by atoms with Crippen LogP contribution in [0, 0.1) is 0 Å². The van der Waals surface area contributed by atoms with E-state index in [4.69, 9.17) is 9.72 Å². The smallest absolute Gasteiger partial charge is 0.316 e. The molecule has 7 heteroatoms. The Hall–Kier alpha value is -3.45. The van der Waals surface area contributed by atoms with Crippen LogP contribution in [0.5, 0.6) is 6.01 Å². The standard InChI is InChI=1S/C22H22N6O/c1-29-22-25-11-17(12-26-22)20-8-15-6-7-23-13-19(15)21(28-20)27-18-4-2-14(3-5-18)16-9-24-10-16/h2-8,11-12,16,23-24H,9-10,13H2,1H3,(H,27,28). The first-order valence-corrected chi connectivity index (χ1v) is 9.68. The number of pyridine rings is 1. The number of hydrogen-bond donors (Lipinski definition) is 3. The zero-order valence-corrected chi connectivity index (χ0v) is 16.1. The van der Waals surface area contributed by atoms with Gasteiger partial charge in [0, 0.05) is 54.8 Å². The van der Waals surface area contributed by atoms with Gasteiger partial charge in [0.2, 0.25) is 0 Å². The number of nitrogens with zero attached hydrogens (tertiary/aromatic N) is 3. The van der Waals surface area contributed by atoms with Crippen molar-refractivity contribution >= 4 is 17.6 Å². The van der Waals surface area contributed by atoms with Crippen LogP contribution in [-0.2, 0) is 6.54 Å². The second-order valence-electron chi connectivity index (χ2n) is 7.20. The van der Waals surface area contributed by atoms with Crippen LogP contribution >= 0.6 is 0 Å². The van der Waals surface area contributed by atoms with E-state index in [0.29, 0.717) is 11.9 Å². The van der Waals surface area contributed by atoms with Crippen molar-refractivity contribution < 1.29 is 4.74 Å². The van der Waals surface area contributed by atoms with Gasteiger partial charge >= 0.3 is 6.01 Å². The molecular weight excluding hydrogens is 364 g/mol. The number of anilines is 2. The van der Waals surface area contributed by atoms with Crippen LogP contribution in [0.15, 0.2) is 48.9 Å². The highest BCUT2D eigenvalue weighted by Gasteiger charge is 2.19. The first-order chi connectivity index (χ1) is 14.3. The summed E-state index contributed by atoms with van der Waals surface area (Å²) in [7, 11) is 1.55. The molecular formula is C22H22N6O. The number of methoxy groups -OCH3 is 1. The fraction of sp³-hybridized carbons (Fsp3) is 0.227. The molecule has 2 aliphatic heterocycles. The maximum absolute atomic E-state index is 5.06. The summed E-state index contributed by atoms with van der Waals surface area (Å²) in [6, 6.07) is 11.0. The number of aromatic nitrogens is 3. The Bertz CT molecular complexity index is 1040. The molecule has 1 saturated heterocycles. The molecule has 7 nitrogen and oxygen atoms in total. The molecule has 2 aliphatic rings. The van der Waals surface area contributed by atoms with Gasteiger partial charge in [0.25, 0.3) is 0 Å². The van der Waals surface area contributed by atoms with Crippen molar-refractivity contribution in [2.45, 2.75) is 12.5 Å². The van der Waals surface area contributed by atoms with Gasteiger partial charge in [-0.05, 0) is 41.6 Å². The van der Waals surface area contributed by atoms with E-state index < -0.39 is 0 Å². The van der Waals surface area contributed by atoms with Crippen molar-refractivity contribution in [1.82, 2.24) is 25.6 Å². The van der Waals surface area contributed by atoms with Crippen molar-refractivity contribution in [2.24, 2.45) is 0 Å². The second kappa shape index (κ2) is 7.52. The van der Waals surface area contributed by atoms with Crippen LogP contribution in [0.2, 0.25) is 0 Å². The van der Waals surface area contributed by atoms with Crippen molar-refractivity contribution in [1.29, 1.82) is 0 Å². The SMILES string of the molecule is COc1ncc(-c2cc3c(c(Nc4ccc(C5CNC5)cc4)n2)CNC=C3)cn1. The van der Waals surface area contributed by atoms with Gasteiger partial charge in [-0.1, -0.05) is 12.1 Å². The Morgan fingerprint density at radius 2 is 1.90 bits per heavy atom. The molecule has 0 atom stereocenters. The zero-order chi connectivity index (χ0) is 19.6. The van der Waals surface area contributed by atoms with Crippen LogP contribution < -0.4 is 20.7 Å². The van der Waals surface area contributed by atoms with Crippen molar-refractivity contribution in [3.05, 3.63) is 65.6 Å². The van der Waals surface area contributed by atoms with Gasteiger partial charge < -0.3 is 20.7 Å². The van der Waals surface area contributed by atoms with Gasteiger partial charge in [0.15, 0.2) is 0 Å². The molecule has 3 aromatic rings. The monoisotopic (exact) mass is 386 g/mol. The molecule has 0 radical (unpaired) electrons. The molecule has 0 bridgehead atoms. The molecule has 29 heavy (non-hydrogen) atoms. The highest BCUT2D eigenvalue weighted by molar-refractivity contribution is 5.73. The molecule has 0 saturated carbocycles. The molecule has 1 aromatic carbocycles. The molecule has 4 heterocycles. The molecule has 2 aromatic heterocycles. The van der Waals surface area contributed by atoms with Gasteiger partial charge in [-0.15, -0.1) is 0 Å². The lowest BCUT2D eigenvalue weighted by Crippen LogP contribution is -2.39. The van der Waals surface area contributed by atoms with E-state index in [2.05, 4.69) is 62.3 Å². The molecule has 0 aliphatic carbocycles. The molecule has 0 spiro atoms. The van der Waals surface area contributed by atoms with Gasteiger partial charge in [0.1, 0.15) is 5.82 Å². The lowest BCUT2D eigenvalue weighted by atomic mass is 9.94. The molecule has 3 N–H and O–H groups in total. The van der Waals surface area contributed by atoms with E-state index in [-0.39, 0.29) is 0 Å². The molecule has 1 fully saturated rings. The minimum atomic E-state index is 0.343. The summed E-state index contributed by atoms with van der Waals surface area (Å²) < 4.78 is 5.06. The summed E-state index contributed by atoms with van der Waals surface area (Å²) in [5.74, 6) is 1.46. The predicted octanol–water partition coefficient (Wildman–Crippen LogP) is 3.05. The molecule has 5 rings (SSSR count). The van der Waals surface area contributed by atoms with Gasteiger partial charge in [-0.3, -0.25) is 0 Å². The van der Waals surface area contributed by atoms with Crippen LogP contribution in [0.4, 0.5) is 11.5 Å². The third-order valence-electron chi connectivity index (χ3n) is 5.35. The van der Waals surface area contributed by atoms with E-state index in [1.807, 2.05) is 6.20 Å². The fourth-order valence-corrected chi connectivity index (χ4v) is 3.54. The maximum atomic E-state index is 5.06. The van der Waals surface area contributed by atoms with Crippen LogP contribution in [0.1, 0.15) is 22.6 Å². The summed E-state index contributed by atoms with van der Waals surface area (Å²) in [6.07, 6.45) is 7.49. The highest BCUT2D eigenvalue weighted by Crippen LogP contribution is 2.30. The lowest BCUT2D eigenvalue weighted by molar-refractivity contribution is 0.380. The molecule has 146 valence electrons. The van der Waals surface area contributed by atoms with E-state index in [1.165, 1.54) is 5.56 Å². The average molecular weight is 386 g/mol. The highest BCUT2D eigenvalue weighted by atomic mass is 16.5. The van der Waals surface area contributed by atoms with Crippen LogP contribution in [0.25, 0.3) is 17.3 Å². The van der Waals surface area contributed by atoms with Crippen molar-refractivity contribution in [3.63, 3.8) is 0 Å². The summed E-state index contributed by atoms with van der Waals surface area (Å²) in [5.41, 5.74) is 6.32. The van der Waals surface area contributed by atoms with E-state index in [0.717, 1.165) is 53.5 Å². The van der Waals surface area contributed by atoms with E-state index in [9.17, 15) is 0 Å². The number of hydrogen-bond acceptors (Lipinski definition) is 7. The summed E-state index contributed by atoms with van der Waals surface area (Å²) in [4.78, 5) is 13.3. The van der Waals surface area contributed by atoms with E-state index in [1.54, 1.807) is 19.5 Å². The summed E-state index contributed by atoms with van der Waals surface area (Å²) in [5, 5.41) is 10.1. The van der Waals surface area contributed by atoms with Crippen LogP contribution in [-0.4, -0.2) is 35.2 Å². The Balaban J connectivity index is 1.48. The second-order valence-corrected chi connectivity index (χ2v) is 7.20. The maximum Gasteiger partial charge on any atom is 0.316 e. The number of nitrogens with one attached hydrogen (secondary N) is 3. The Morgan fingerprint density at radius 3 is 2.59 bits per heavy atom.